The number of likely N-dealkylation sites (tertiary alicyclic amines) is 1. The van der Waals surface area contributed by atoms with Crippen molar-refractivity contribution in [2.45, 2.75) is 58.5 Å². The van der Waals surface area contributed by atoms with E-state index in [-0.39, 0.29) is 0 Å². The van der Waals surface area contributed by atoms with E-state index in [0.29, 0.717) is 0 Å². The first-order valence-corrected chi connectivity index (χ1v) is 8.41. The van der Waals surface area contributed by atoms with Crippen LogP contribution in [0.3, 0.4) is 0 Å². The molecule has 0 bridgehead atoms. The van der Waals surface area contributed by atoms with Crippen molar-refractivity contribution in [1.82, 2.24) is 14.7 Å². The van der Waals surface area contributed by atoms with Crippen molar-refractivity contribution < 1.29 is 0 Å². The molecule has 0 unspecified atom stereocenters. The van der Waals surface area contributed by atoms with Gasteiger partial charge >= 0.3 is 0 Å². The Morgan fingerprint density at radius 1 is 0.947 bits per heavy atom. The largest absolute Gasteiger partial charge is 0.301 e. The van der Waals surface area contributed by atoms with Gasteiger partial charge < -0.3 is 9.80 Å². The highest BCUT2D eigenvalue weighted by Gasteiger charge is 2.27. The zero-order valence-electron chi connectivity index (χ0n) is 13.3. The number of rotatable bonds is 5. The summed E-state index contributed by atoms with van der Waals surface area (Å²) in [5.41, 5.74) is 0. The van der Waals surface area contributed by atoms with E-state index >= 15 is 0 Å². The van der Waals surface area contributed by atoms with Gasteiger partial charge in [0.25, 0.3) is 0 Å². The van der Waals surface area contributed by atoms with E-state index in [1.165, 1.54) is 71.5 Å². The van der Waals surface area contributed by atoms with Crippen LogP contribution in [-0.2, 0) is 0 Å². The number of hydrogen-bond acceptors (Lipinski definition) is 3. The lowest BCUT2D eigenvalue weighted by atomic mass is 10.0. The molecule has 2 aliphatic rings. The second-order valence-electron chi connectivity index (χ2n) is 6.59. The fraction of sp³-hybridized carbons (Fsp3) is 1.00. The first-order chi connectivity index (χ1) is 9.20. The Morgan fingerprint density at radius 3 is 2.11 bits per heavy atom. The summed E-state index contributed by atoms with van der Waals surface area (Å²) in [5, 5.41) is 0. The Balaban J connectivity index is 1.68. The molecular formula is C16H33N3. The van der Waals surface area contributed by atoms with E-state index < -0.39 is 0 Å². The predicted molar refractivity (Wildman–Crippen MR) is 82.7 cm³/mol. The van der Waals surface area contributed by atoms with Gasteiger partial charge in [-0.1, -0.05) is 13.3 Å². The number of unbranched alkanes of at least 4 members (excludes halogenated alkanes) is 1. The first-order valence-electron chi connectivity index (χ1n) is 8.41. The van der Waals surface area contributed by atoms with Gasteiger partial charge in [-0.05, 0) is 52.7 Å². The number of hydrogen-bond donors (Lipinski definition) is 0. The zero-order chi connectivity index (χ0) is 13.7. The molecule has 0 spiro atoms. The average Bonchev–Trinajstić information content (AvgIpc) is 2.46. The molecule has 3 heteroatoms. The molecule has 0 aromatic heterocycles. The number of nitrogens with zero attached hydrogens (tertiary/aromatic N) is 3. The Kier molecular flexibility index (Phi) is 6.11. The lowest BCUT2D eigenvalue weighted by Gasteiger charge is -2.43. The first kappa shape index (κ1) is 15.3. The van der Waals surface area contributed by atoms with Gasteiger partial charge in [-0.2, -0.15) is 0 Å². The molecule has 0 saturated carbocycles. The molecule has 0 N–H and O–H groups in total. The second-order valence-corrected chi connectivity index (χ2v) is 6.59. The molecule has 2 fully saturated rings. The van der Waals surface area contributed by atoms with Crippen molar-refractivity contribution in [3.8, 4) is 0 Å². The van der Waals surface area contributed by atoms with Crippen LogP contribution < -0.4 is 0 Å². The lowest BCUT2D eigenvalue weighted by molar-refractivity contribution is 0.0516. The quantitative estimate of drug-likeness (QED) is 0.756. The summed E-state index contributed by atoms with van der Waals surface area (Å²) >= 11 is 0. The van der Waals surface area contributed by atoms with Gasteiger partial charge in [0, 0.05) is 38.3 Å². The van der Waals surface area contributed by atoms with Crippen LogP contribution in [0.5, 0.6) is 0 Å². The topological polar surface area (TPSA) is 9.72 Å². The fourth-order valence-electron chi connectivity index (χ4n) is 3.50. The highest BCUT2D eigenvalue weighted by atomic mass is 15.3. The molecule has 0 amide bonds. The van der Waals surface area contributed by atoms with E-state index in [0.717, 1.165) is 12.1 Å². The van der Waals surface area contributed by atoms with Gasteiger partial charge in [-0.15, -0.1) is 0 Å². The maximum absolute atomic E-state index is 2.76. The molecule has 0 aromatic rings. The maximum atomic E-state index is 2.76. The molecule has 0 atom stereocenters. The van der Waals surface area contributed by atoms with Gasteiger partial charge in [0.05, 0.1) is 0 Å². The molecule has 3 nitrogen and oxygen atoms in total. The molecular weight excluding hydrogens is 234 g/mol. The van der Waals surface area contributed by atoms with Crippen LogP contribution in [0.4, 0.5) is 0 Å². The average molecular weight is 267 g/mol. The summed E-state index contributed by atoms with van der Waals surface area (Å²) in [6.45, 7) is 16.1. The number of piperidine rings is 1. The van der Waals surface area contributed by atoms with E-state index in [9.17, 15) is 0 Å². The predicted octanol–water partition coefficient (Wildman–Crippen LogP) is 2.28. The molecule has 0 aliphatic carbocycles. The van der Waals surface area contributed by atoms with E-state index in [2.05, 4.69) is 35.5 Å². The third-order valence-corrected chi connectivity index (χ3v) is 4.98. The molecule has 2 rings (SSSR count). The van der Waals surface area contributed by atoms with E-state index in [4.69, 9.17) is 0 Å². The van der Waals surface area contributed by atoms with Crippen LogP contribution in [-0.4, -0.2) is 72.6 Å². The molecule has 0 radical (unpaired) electrons. The van der Waals surface area contributed by atoms with Crippen molar-refractivity contribution in [3.63, 3.8) is 0 Å². The van der Waals surface area contributed by atoms with E-state index in [1.54, 1.807) is 0 Å². The summed E-state index contributed by atoms with van der Waals surface area (Å²) in [4.78, 5) is 8.05. The highest BCUT2D eigenvalue weighted by molar-refractivity contribution is 4.84. The fourth-order valence-corrected chi connectivity index (χ4v) is 3.50. The van der Waals surface area contributed by atoms with Crippen LogP contribution in [0.25, 0.3) is 0 Å². The minimum atomic E-state index is 0.729. The Morgan fingerprint density at radius 2 is 1.58 bits per heavy atom. The van der Waals surface area contributed by atoms with Gasteiger partial charge in [-0.3, -0.25) is 4.90 Å². The van der Waals surface area contributed by atoms with Crippen molar-refractivity contribution in [2.75, 3.05) is 45.8 Å². The summed E-state index contributed by atoms with van der Waals surface area (Å²) in [5.74, 6) is 0. The molecule has 2 heterocycles. The van der Waals surface area contributed by atoms with Crippen molar-refractivity contribution >= 4 is 0 Å². The maximum Gasteiger partial charge on any atom is 0.0121 e. The minimum absolute atomic E-state index is 0.729. The smallest absolute Gasteiger partial charge is 0.0121 e. The van der Waals surface area contributed by atoms with Gasteiger partial charge in [0.15, 0.2) is 0 Å². The third kappa shape index (κ3) is 4.44. The highest BCUT2D eigenvalue weighted by Crippen LogP contribution is 2.19. The van der Waals surface area contributed by atoms with Crippen LogP contribution in [0.15, 0.2) is 0 Å². The number of piperazine rings is 1. The van der Waals surface area contributed by atoms with Crippen molar-refractivity contribution in [2.24, 2.45) is 0 Å². The molecule has 2 saturated heterocycles. The van der Waals surface area contributed by atoms with E-state index in [1.807, 2.05) is 0 Å². The van der Waals surface area contributed by atoms with Crippen LogP contribution in [0, 0.1) is 0 Å². The third-order valence-electron chi connectivity index (χ3n) is 4.98. The van der Waals surface area contributed by atoms with Gasteiger partial charge in [0.2, 0.25) is 0 Å². The molecule has 2 aliphatic heterocycles. The summed E-state index contributed by atoms with van der Waals surface area (Å²) in [6.07, 6.45) is 5.46. The normalized spacial score (nSPS) is 25.3. The van der Waals surface area contributed by atoms with Gasteiger partial charge in [-0.25, -0.2) is 0 Å². The standard InChI is InChI=1S/C16H33N3/c1-4-5-8-17-11-13-19(14-12-17)16-6-9-18(10-7-16)15(2)3/h15-16H,4-14H2,1-3H3. The molecule has 19 heavy (non-hydrogen) atoms. The Hall–Kier alpha value is -0.120. The molecule has 112 valence electrons. The SMILES string of the molecule is CCCCN1CCN(C2CCN(C(C)C)CC2)CC1. The minimum Gasteiger partial charge on any atom is -0.301 e. The van der Waals surface area contributed by atoms with Crippen LogP contribution >= 0.6 is 0 Å². The van der Waals surface area contributed by atoms with Crippen LogP contribution in [0.1, 0.15) is 46.5 Å². The summed E-state index contributed by atoms with van der Waals surface area (Å²) < 4.78 is 0. The zero-order valence-corrected chi connectivity index (χ0v) is 13.3. The monoisotopic (exact) mass is 267 g/mol. The van der Waals surface area contributed by atoms with Crippen molar-refractivity contribution in [3.05, 3.63) is 0 Å². The van der Waals surface area contributed by atoms with Gasteiger partial charge in [0.1, 0.15) is 0 Å². The summed E-state index contributed by atoms with van der Waals surface area (Å²) in [6, 6.07) is 1.59. The lowest BCUT2D eigenvalue weighted by Crippen LogP contribution is -2.53. The Labute approximate surface area is 119 Å². The summed E-state index contributed by atoms with van der Waals surface area (Å²) in [7, 11) is 0. The molecule has 0 aromatic carbocycles. The van der Waals surface area contributed by atoms with Crippen LogP contribution in [0.2, 0.25) is 0 Å². The Bertz CT molecular complexity index is 238. The second kappa shape index (κ2) is 7.61. The van der Waals surface area contributed by atoms with Crippen molar-refractivity contribution in [1.29, 1.82) is 0 Å².